The minimum Gasteiger partial charge on any atom is -0.507 e. The van der Waals surface area contributed by atoms with E-state index < -0.39 is 11.9 Å². The predicted octanol–water partition coefficient (Wildman–Crippen LogP) is 5.96. The third-order valence-electron chi connectivity index (χ3n) is 4.79. The summed E-state index contributed by atoms with van der Waals surface area (Å²) in [7, 11) is 0. The number of carboxylic acid groups (broad SMARTS) is 1. The van der Waals surface area contributed by atoms with Crippen LogP contribution in [0, 0.1) is 0 Å². The molecule has 0 heterocycles. The molecular weight excluding hydrogens is 402 g/mol. The molecule has 154 valence electrons. The van der Waals surface area contributed by atoms with Crippen molar-refractivity contribution >= 4 is 29.2 Å². The van der Waals surface area contributed by atoms with Gasteiger partial charge in [-0.3, -0.25) is 4.79 Å². The van der Waals surface area contributed by atoms with Gasteiger partial charge in [-0.15, -0.1) is 0 Å². The maximum absolute atomic E-state index is 12.7. The second-order valence-corrected chi connectivity index (χ2v) is 8.39. The van der Waals surface area contributed by atoms with Gasteiger partial charge in [0.2, 0.25) is 0 Å². The quantitative estimate of drug-likeness (QED) is 0.483. The molecule has 6 heteroatoms. The number of carbonyl (C=O) groups excluding carboxylic acids is 1. The molecule has 0 spiro atoms. The molecule has 0 radical (unpaired) electrons. The molecule has 3 N–H and O–H groups in total. The molecule has 0 saturated carbocycles. The average Bonchev–Trinajstić information content (AvgIpc) is 2.68. The van der Waals surface area contributed by atoms with Gasteiger partial charge >= 0.3 is 5.97 Å². The van der Waals surface area contributed by atoms with E-state index in [1.165, 1.54) is 18.2 Å². The normalized spacial score (nSPS) is 11.2. The van der Waals surface area contributed by atoms with Crippen molar-refractivity contribution in [3.8, 4) is 16.9 Å². The highest BCUT2D eigenvalue weighted by molar-refractivity contribution is 6.34. The highest BCUT2D eigenvalue weighted by atomic mass is 35.5. The topological polar surface area (TPSA) is 86.6 Å². The Morgan fingerprint density at radius 3 is 2.13 bits per heavy atom. The molecule has 0 unspecified atom stereocenters. The molecule has 3 aromatic rings. The third-order valence-corrected chi connectivity index (χ3v) is 5.11. The lowest BCUT2D eigenvalue weighted by molar-refractivity contribution is 0.0698. The van der Waals surface area contributed by atoms with Crippen LogP contribution in [0.25, 0.3) is 11.1 Å². The smallest absolute Gasteiger partial charge is 0.337 e. The van der Waals surface area contributed by atoms with Crippen LogP contribution in [0.1, 0.15) is 47.1 Å². The van der Waals surface area contributed by atoms with Gasteiger partial charge in [-0.1, -0.05) is 62.7 Å². The van der Waals surface area contributed by atoms with Crippen LogP contribution in [-0.2, 0) is 5.41 Å². The van der Waals surface area contributed by atoms with E-state index in [4.69, 9.17) is 11.6 Å². The molecule has 0 aliphatic heterocycles. The summed E-state index contributed by atoms with van der Waals surface area (Å²) in [5, 5.41) is 22.6. The summed E-state index contributed by atoms with van der Waals surface area (Å²) in [6.45, 7) is 6.24. The zero-order valence-corrected chi connectivity index (χ0v) is 17.6. The molecule has 0 fully saturated rings. The summed E-state index contributed by atoms with van der Waals surface area (Å²) in [5.74, 6) is -1.68. The monoisotopic (exact) mass is 423 g/mol. The van der Waals surface area contributed by atoms with Crippen molar-refractivity contribution in [2.45, 2.75) is 26.2 Å². The largest absolute Gasteiger partial charge is 0.507 e. The second kappa shape index (κ2) is 8.20. The number of carboxylic acids is 1. The second-order valence-electron chi connectivity index (χ2n) is 7.98. The molecule has 1 amide bonds. The number of phenols is 1. The van der Waals surface area contributed by atoms with Gasteiger partial charge in [0.1, 0.15) is 5.75 Å². The van der Waals surface area contributed by atoms with Gasteiger partial charge in [0.05, 0.1) is 16.3 Å². The van der Waals surface area contributed by atoms with Crippen molar-refractivity contribution in [2.24, 2.45) is 0 Å². The number of carbonyl (C=O) groups is 2. The van der Waals surface area contributed by atoms with Crippen molar-refractivity contribution in [1.29, 1.82) is 0 Å². The number of para-hydroxylation sites is 1. The number of hydrogen-bond acceptors (Lipinski definition) is 3. The SMILES string of the molecule is CC(C)(C)c1ccc(C(=O)Nc2cc(Cl)c(-c3ccccc3O)cc2C(=O)O)cc1. The minimum absolute atomic E-state index is 0.0218. The first-order chi connectivity index (χ1) is 14.1. The van der Waals surface area contributed by atoms with Gasteiger partial charge in [0, 0.05) is 16.7 Å². The first-order valence-electron chi connectivity index (χ1n) is 9.35. The lowest BCUT2D eigenvalue weighted by Gasteiger charge is -2.19. The average molecular weight is 424 g/mol. The summed E-state index contributed by atoms with van der Waals surface area (Å²) >= 11 is 6.36. The highest BCUT2D eigenvalue weighted by Gasteiger charge is 2.20. The number of anilines is 1. The van der Waals surface area contributed by atoms with Crippen molar-refractivity contribution in [3.63, 3.8) is 0 Å². The van der Waals surface area contributed by atoms with Gasteiger partial charge in [-0.05, 0) is 41.3 Å². The predicted molar refractivity (Wildman–Crippen MR) is 119 cm³/mol. The molecule has 0 aromatic heterocycles. The Kier molecular flexibility index (Phi) is 5.85. The summed E-state index contributed by atoms with van der Waals surface area (Å²) in [6, 6.07) is 16.4. The standard InChI is InChI=1S/C24H22ClNO4/c1-24(2,3)15-10-8-14(9-11-15)22(28)26-20-13-19(25)17(12-18(20)23(29)30)16-6-4-5-7-21(16)27/h4-13,27H,1-3H3,(H,26,28)(H,29,30). The Bertz CT molecular complexity index is 1120. The highest BCUT2D eigenvalue weighted by Crippen LogP contribution is 2.37. The van der Waals surface area contributed by atoms with Crippen LogP contribution in [0.2, 0.25) is 5.02 Å². The summed E-state index contributed by atoms with van der Waals surface area (Å²) in [5.41, 5.74) is 2.16. The van der Waals surface area contributed by atoms with Gasteiger partial charge in [0.15, 0.2) is 0 Å². The van der Waals surface area contributed by atoms with Crippen LogP contribution in [0.5, 0.6) is 5.75 Å². The van der Waals surface area contributed by atoms with E-state index in [0.29, 0.717) is 16.7 Å². The van der Waals surface area contributed by atoms with Crippen LogP contribution in [-0.4, -0.2) is 22.1 Å². The van der Waals surface area contributed by atoms with E-state index in [0.717, 1.165) is 5.56 Å². The fourth-order valence-electron chi connectivity index (χ4n) is 3.08. The van der Waals surface area contributed by atoms with E-state index in [9.17, 15) is 19.8 Å². The zero-order valence-electron chi connectivity index (χ0n) is 16.9. The molecule has 0 aliphatic carbocycles. The van der Waals surface area contributed by atoms with E-state index in [1.807, 2.05) is 12.1 Å². The van der Waals surface area contributed by atoms with Crippen LogP contribution in [0.3, 0.4) is 0 Å². The number of rotatable bonds is 4. The van der Waals surface area contributed by atoms with Crippen LogP contribution < -0.4 is 5.32 Å². The molecule has 0 saturated heterocycles. The molecule has 30 heavy (non-hydrogen) atoms. The third kappa shape index (κ3) is 4.47. The molecular formula is C24H22ClNO4. The van der Waals surface area contributed by atoms with Crippen molar-refractivity contribution in [2.75, 3.05) is 5.32 Å². The summed E-state index contributed by atoms with van der Waals surface area (Å²) in [4.78, 5) is 24.5. The number of amides is 1. The van der Waals surface area contributed by atoms with Gasteiger partial charge in [-0.25, -0.2) is 4.79 Å². The fraction of sp³-hybridized carbons (Fsp3) is 0.167. The van der Waals surface area contributed by atoms with Crippen LogP contribution in [0.15, 0.2) is 60.7 Å². The number of aromatic hydroxyl groups is 1. The van der Waals surface area contributed by atoms with Gasteiger partial charge in [-0.2, -0.15) is 0 Å². The van der Waals surface area contributed by atoms with Gasteiger partial charge < -0.3 is 15.5 Å². The van der Waals surface area contributed by atoms with E-state index >= 15 is 0 Å². The lowest BCUT2D eigenvalue weighted by atomic mass is 9.86. The molecule has 5 nitrogen and oxygen atoms in total. The van der Waals surface area contributed by atoms with Gasteiger partial charge in [0.25, 0.3) is 5.91 Å². The summed E-state index contributed by atoms with van der Waals surface area (Å²) in [6.07, 6.45) is 0. The number of hydrogen-bond donors (Lipinski definition) is 3. The molecule has 0 atom stereocenters. The summed E-state index contributed by atoms with van der Waals surface area (Å²) < 4.78 is 0. The van der Waals surface area contributed by atoms with Crippen molar-refractivity contribution < 1.29 is 19.8 Å². The number of aromatic carboxylic acids is 1. The Labute approximate surface area is 179 Å². The molecule has 0 bridgehead atoms. The maximum Gasteiger partial charge on any atom is 0.337 e. The first-order valence-corrected chi connectivity index (χ1v) is 9.73. The molecule has 0 aliphatic rings. The Hall–Kier alpha value is -3.31. The van der Waals surface area contributed by atoms with Crippen molar-refractivity contribution in [1.82, 2.24) is 0 Å². The number of halogens is 1. The zero-order chi connectivity index (χ0) is 22.1. The van der Waals surface area contributed by atoms with E-state index in [2.05, 4.69) is 26.1 Å². The number of nitrogens with one attached hydrogen (secondary N) is 1. The number of phenolic OH excluding ortho intramolecular Hbond substituents is 1. The Balaban J connectivity index is 1.96. The van der Waals surface area contributed by atoms with Crippen molar-refractivity contribution in [3.05, 3.63) is 82.4 Å². The minimum atomic E-state index is -1.22. The van der Waals surface area contributed by atoms with Crippen LogP contribution >= 0.6 is 11.6 Å². The molecule has 3 rings (SSSR count). The Morgan fingerprint density at radius 2 is 1.57 bits per heavy atom. The Morgan fingerprint density at radius 1 is 0.933 bits per heavy atom. The van der Waals surface area contributed by atoms with E-state index in [-0.39, 0.29) is 27.4 Å². The molecule has 3 aromatic carbocycles. The first kappa shape index (κ1) is 21.4. The lowest BCUT2D eigenvalue weighted by Crippen LogP contribution is -2.16. The maximum atomic E-state index is 12.7. The number of benzene rings is 3. The van der Waals surface area contributed by atoms with Crippen LogP contribution in [0.4, 0.5) is 5.69 Å². The fourth-order valence-corrected chi connectivity index (χ4v) is 3.34. The van der Waals surface area contributed by atoms with E-state index in [1.54, 1.807) is 30.3 Å².